The van der Waals surface area contributed by atoms with Gasteiger partial charge in [-0.3, -0.25) is 0 Å². The molecule has 9 nitrogen and oxygen atoms in total. The molecule has 16 aromatic carbocycles. The monoisotopic (exact) mass is 1630 g/mol. The van der Waals surface area contributed by atoms with Gasteiger partial charge in [0.15, 0.2) is 0 Å². The van der Waals surface area contributed by atoms with Crippen molar-refractivity contribution in [2.24, 2.45) is 0 Å². The Hall–Kier alpha value is -11.4. The first-order valence-corrected chi connectivity index (χ1v) is 44.2. The summed E-state index contributed by atoms with van der Waals surface area (Å²) in [5, 5.41) is 24.5. The Morgan fingerprint density at radius 2 is 0.645 bits per heavy atom. The van der Waals surface area contributed by atoms with Crippen molar-refractivity contribution >= 4 is 241 Å². The minimum atomic E-state index is -0.486. The fraction of sp³-hybridized carbons (Fsp3) is 0.170. The molecular formula is C106H83B3O9S3. The molecule has 3 aliphatic heterocycles. The predicted octanol–water partition coefficient (Wildman–Crippen LogP) is 28.4. The summed E-state index contributed by atoms with van der Waals surface area (Å²) in [6.07, 6.45) is 0. The largest absolute Gasteiger partial charge is 0.498 e. The zero-order chi connectivity index (χ0) is 82.1. The van der Waals surface area contributed by atoms with Gasteiger partial charge in [-0.1, -0.05) is 188 Å². The predicted molar refractivity (Wildman–Crippen MR) is 513 cm³/mol. The number of hydrogen-bond donors (Lipinski definition) is 0. The molecule has 3 saturated heterocycles. The number of furan rings is 3. The lowest BCUT2D eigenvalue weighted by Crippen LogP contribution is -2.41. The molecule has 0 atom stereocenters. The molecule has 9 heterocycles. The van der Waals surface area contributed by atoms with Gasteiger partial charge in [0.2, 0.25) is 0 Å². The molecule has 588 valence electrons. The SMILES string of the molecule is CC1(C)OB(c2ccc3c(c2)oc2cc(-c4ccc5c(c4)sc4cc6ccccc6cc45)ccc23)OC1(C)C.CC1(C)OB(c2ccc3oc4c(-c5cccc6sc7cc8ccccc8cc7c56)cccc4c3c2)OC1(C)C.CC1(C)OB(c2cccc3c2oc2ccc4ccc(-c5ccc6sc7cc8ccccc8cc7c6c5)cc4c23)OC1(C)C. The Kier molecular flexibility index (Phi) is 16.7. The average Bonchev–Trinajstić information content (AvgIpc) is 1.58. The highest BCUT2D eigenvalue weighted by atomic mass is 32.1. The summed E-state index contributed by atoms with van der Waals surface area (Å²) in [7, 11) is -1.30. The van der Waals surface area contributed by atoms with E-state index < -0.39 is 32.6 Å². The van der Waals surface area contributed by atoms with E-state index in [-0.39, 0.29) is 22.4 Å². The van der Waals surface area contributed by atoms with E-state index in [1.165, 1.54) is 126 Å². The van der Waals surface area contributed by atoms with E-state index in [4.69, 9.17) is 41.2 Å². The fourth-order valence-electron chi connectivity index (χ4n) is 18.2. The minimum Gasteiger partial charge on any atom is -0.456 e. The number of hydrogen-bond acceptors (Lipinski definition) is 12. The van der Waals surface area contributed by atoms with Crippen LogP contribution in [0.5, 0.6) is 0 Å². The average molecular weight is 1630 g/mol. The highest BCUT2D eigenvalue weighted by molar-refractivity contribution is 7.26. The van der Waals surface area contributed by atoms with Crippen LogP contribution in [0.4, 0.5) is 0 Å². The zero-order valence-electron chi connectivity index (χ0n) is 69.3. The van der Waals surface area contributed by atoms with Crippen LogP contribution in [0, 0.1) is 0 Å². The Labute approximate surface area is 712 Å². The normalized spacial score (nSPS) is 16.7. The van der Waals surface area contributed by atoms with Crippen molar-refractivity contribution in [3.63, 3.8) is 0 Å². The van der Waals surface area contributed by atoms with Crippen LogP contribution < -0.4 is 16.4 Å². The quantitative estimate of drug-likeness (QED) is 0.151. The molecule has 0 spiro atoms. The van der Waals surface area contributed by atoms with E-state index in [0.717, 1.165) is 93.3 Å². The molecular weight excluding hydrogens is 1550 g/mol. The van der Waals surface area contributed by atoms with E-state index >= 15 is 0 Å². The topological polar surface area (TPSA) is 94.8 Å². The Morgan fingerprint density at radius 3 is 1.29 bits per heavy atom. The smallest absolute Gasteiger partial charge is 0.456 e. The first-order valence-electron chi connectivity index (χ1n) is 41.7. The molecule has 0 unspecified atom stereocenters. The van der Waals surface area contributed by atoms with E-state index in [1.807, 2.05) is 40.1 Å². The van der Waals surface area contributed by atoms with Gasteiger partial charge < -0.3 is 41.2 Å². The summed E-state index contributed by atoms with van der Waals surface area (Å²) < 4.78 is 65.4. The summed E-state index contributed by atoms with van der Waals surface area (Å²) in [4.78, 5) is 0. The molecule has 0 saturated carbocycles. The molecule has 25 rings (SSSR count). The van der Waals surface area contributed by atoms with E-state index in [9.17, 15) is 0 Å². The third-order valence-electron chi connectivity index (χ3n) is 27.1. The van der Waals surface area contributed by atoms with Gasteiger partial charge in [-0.15, -0.1) is 34.0 Å². The third-order valence-corrected chi connectivity index (χ3v) is 30.5. The van der Waals surface area contributed by atoms with Crippen LogP contribution in [0.1, 0.15) is 83.1 Å². The molecule has 22 aromatic rings. The molecule has 15 heteroatoms. The number of para-hydroxylation sites is 2. The summed E-state index contributed by atoms with van der Waals surface area (Å²) in [5.41, 5.74) is 12.8. The van der Waals surface area contributed by atoms with Crippen LogP contribution in [0.15, 0.2) is 298 Å². The standard InChI is InChI=1S/C38H29BO3S.2C34H27BO3S/c1-37(2)38(3,4)42-39(41-37)31-11-7-10-27-35-28-18-25(13-12-22(28)14-16-32(35)40-36(27)31)26-15-17-33-29(20-26)30-19-23-8-5-6-9-24(23)21-34(30)43-33;1-33(2)34(3,4)38-35(37-33)22-15-16-28-26(19-22)25-13-7-12-24(32(25)36-28)23-11-8-14-29-31(23)27-17-20-9-5-6-10-21(20)18-30(27)39-29;1-33(2)34(3,4)38-35(37-33)24-11-14-26-25-12-9-22(16-29(25)36-30(26)19-24)23-10-13-27-28-15-20-7-5-6-8-21(20)17-32(28)39-31(27)18-23/h5-21H,1-4H3;2*5-19H,1-4H3. The lowest BCUT2D eigenvalue weighted by molar-refractivity contribution is 0.00578. The third kappa shape index (κ3) is 12.1. The first kappa shape index (κ1) is 74.6. The van der Waals surface area contributed by atoms with Gasteiger partial charge >= 0.3 is 21.4 Å². The summed E-state index contributed by atoms with van der Waals surface area (Å²) in [5.74, 6) is 0. The molecule has 121 heavy (non-hydrogen) atoms. The van der Waals surface area contributed by atoms with Gasteiger partial charge in [0.1, 0.15) is 33.5 Å². The summed E-state index contributed by atoms with van der Waals surface area (Å²) in [6.45, 7) is 25.0. The van der Waals surface area contributed by atoms with Crippen LogP contribution in [0.25, 0.3) is 203 Å². The van der Waals surface area contributed by atoms with Crippen LogP contribution in [-0.2, 0) is 27.9 Å². The number of benzene rings is 16. The maximum atomic E-state index is 6.57. The van der Waals surface area contributed by atoms with Crippen molar-refractivity contribution in [2.75, 3.05) is 0 Å². The molecule has 0 bridgehead atoms. The van der Waals surface area contributed by atoms with E-state index in [1.54, 1.807) is 0 Å². The first-order chi connectivity index (χ1) is 58.3. The number of rotatable bonds is 6. The number of thiophene rings is 3. The summed E-state index contributed by atoms with van der Waals surface area (Å²) in [6, 6.07) is 103. The second kappa shape index (κ2) is 27.0. The van der Waals surface area contributed by atoms with Gasteiger partial charge in [-0.2, -0.15) is 0 Å². The van der Waals surface area contributed by atoms with Crippen molar-refractivity contribution < 1.29 is 41.2 Å². The van der Waals surface area contributed by atoms with Crippen LogP contribution in [-0.4, -0.2) is 55.0 Å². The van der Waals surface area contributed by atoms with Crippen molar-refractivity contribution in [1.82, 2.24) is 0 Å². The van der Waals surface area contributed by atoms with Gasteiger partial charge in [-0.05, 0) is 262 Å². The number of fused-ring (bicyclic) bond motifs is 23. The second-order valence-electron chi connectivity index (χ2n) is 36.1. The van der Waals surface area contributed by atoms with E-state index in [0.29, 0.717) is 0 Å². The van der Waals surface area contributed by atoms with Crippen LogP contribution >= 0.6 is 34.0 Å². The van der Waals surface area contributed by atoms with Gasteiger partial charge in [0.25, 0.3) is 0 Å². The Morgan fingerprint density at radius 1 is 0.215 bits per heavy atom. The molecule has 0 aliphatic carbocycles. The molecule has 0 radical (unpaired) electrons. The Bertz CT molecular complexity index is 8080. The van der Waals surface area contributed by atoms with Crippen LogP contribution in [0.2, 0.25) is 0 Å². The van der Waals surface area contributed by atoms with Gasteiger partial charge in [-0.25, -0.2) is 0 Å². The second-order valence-corrected chi connectivity index (χ2v) is 39.3. The van der Waals surface area contributed by atoms with E-state index in [2.05, 4.69) is 362 Å². The highest BCUT2D eigenvalue weighted by Gasteiger charge is 2.54. The maximum absolute atomic E-state index is 6.57. The lowest BCUT2D eigenvalue weighted by Gasteiger charge is -2.32. The maximum Gasteiger partial charge on any atom is 0.498 e. The fourth-order valence-corrected chi connectivity index (χ4v) is 21.7. The van der Waals surface area contributed by atoms with Crippen molar-refractivity contribution in [3.05, 3.63) is 285 Å². The van der Waals surface area contributed by atoms with Crippen molar-refractivity contribution in [2.45, 2.75) is 117 Å². The summed E-state index contributed by atoms with van der Waals surface area (Å²) >= 11 is 5.58. The van der Waals surface area contributed by atoms with Crippen molar-refractivity contribution in [3.8, 4) is 33.4 Å². The molecule has 3 fully saturated rings. The highest BCUT2D eigenvalue weighted by Crippen LogP contribution is 2.49. The lowest BCUT2D eigenvalue weighted by atomic mass is 9.78. The molecule has 3 aliphatic rings. The minimum absolute atomic E-state index is 0.377. The van der Waals surface area contributed by atoms with Crippen LogP contribution in [0.3, 0.4) is 0 Å². The van der Waals surface area contributed by atoms with Crippen molar-refractivity contribution in [1.29, 1.82) is 0 Å². The zero-order valence-corrected chi connectivity index (χ0v) is 71.7. The molecule has 6 aromatic heterocycles. The van der Waals surface area contributed by atoms with Gasteiger partial charge in [0.05, 0.1) is 33.6 Å². The van der Waals surface area contributed by atoms with Gasteiger partial charge in [0, 0.05) is 104 Å². The Balaban J connectivity index is 0.000000106. The molecule has 0 N–H and O–H groups in total. The molecule has 0 amide bonds.